The minimum absolute atomic E-state index is 0.0968. The van der Waals surface area contributed by atoms with Crippen molar-refractivity contribution in [3.05, 3.63) is 127 Å². The van der Waals surface area contributed by atoms with Crippen LogP contribution in [0.3, 0.4) is 0 Å². The van der Waals surface area contributed by atoms with Gasteiger partial charge < -0.3 is 4.74 Å². The van der Waals surface area contributed by atoms with Gasteiger partial charge in [-0.1, -0.05) is 72.8 Å². The van der Waals surface area contributed by atoms with E-state index >= 15 is 0 Å². The molecule has 0 radical (unpaired) electrons. The van der Waals surface area contributed by atoms with Crippen molar-refractivity contribution < 1.29 is 19.4 Å². The van der Waals surface area contributed by atoms with Crippen LogP contribution in [0.25, 0.3) is 5.76 Å². The van der Waals surface area contributed by atoms with Gasteiger partial charge in [-0.15, -0.1) is 0 Å². The second-order valence-corrected chi connectivity index (χ2v) is 6.93. The van der Waals surface area contributed by atoms with E-state index in [0.717, 1.165) is 0 Å². The third-order valence-corrected chi connectivity index (χ3v) is 5.04. The summed E-state index contributed by atoms with van der Waals surface area (Å²) in [4.78, 5) is 35.5. The molecule has 3 aromatic carbocycles. The van der Waals surface area contributed by atoms with Crippen LogP contribution in [0, 0.1) is 20.2 Å². The van der Waals surface area contributed by atoms with Crippen LogP contribution in [-0.2, 0) is 4.74 Å². The average Bonchev–Trinajstić information content (AvgIpc) is 3.21. The molecule has 0 aliphatic carbocycles. The van der Waals surface area contributed by atoms with E-state index in [1.807, 2.05) is 0 Å². The lowest BCUT2D eigenvalue weighted by Gasteiger charge is -2.15. The number of nitrogens with zero attached hydrogens (tertiary/aromatic N) is 2. The number of carbonyl (C=O) groups excluding carboxylic acids is 1. The normalized spacial score (nSPS) is 17.8. The van der Waals surface area contributed by atoms with E-state index in [2.05, 4.69) is 0 Å². The third kappa shape index (κ3) is 3.78. The smallest absolute Gasteiger partial charge is 0.365 e. The molecule has 2 atom stereocenters. The molecule has 154 valence electrons. The highest BCUT2D eigenvalue weighted by atomic mass is 16.7. The average molecular weight is 416 g/mol. The molecule has 0 fully saturated rings. The van der Waals surface area contributed by atoms with Crippen molar-refractivity contribution in [3.8, 4) is 0 Å². The summed E-state index contributed by atoms with van der Waals surface area (Å²) in [6, 6.07) is 22.5. The molecule has 0 bridgehead atoms. The molecule has 8 heteroatoms. The van der Waals surface area contributed by atoms with Crippen molar-refractivity contribution in [2.45, 2.75) is 12.1 Å². The summed E-state index contributed by atoms with van der Waals surface area (Å²) in [7, 11) is 0. The van der Waals surface area contributed by atoms with Gasteiger partial charge in [-0.25, -0.2) is 0 Å². The SMILES string of the molecule is O=C(C1=C(c2ccccc2)OC([N+](=O)[O-])C1c1cccc([N+](=O)[O-])c1)c1ccccc1. The minimum Gasteiger partial charge on any atom is -0.428 e. The van der Waals surface area contributed by atoms with E-state index in [-0.39, 0.29) is 22.6 Å². The van der Waals surface area contributed by atoms with Gasteiger partial charge in [-0.05, 0) is 5.56 Å². The highest BCUT2D eigenvalue weighted by Crippen LogP contribution is 2.45. The lowest BCUT2D eigenvalue weighted by molar-refractivity contribution is -0.567. The summed E-state index contributed by atoms with van der Waals surface area (Å²) in [5.74, 6) is -1.44. The maximum atomic E-state index is 13.5. The van der Waals surface area contributed by atoms with Gasteiger partial charge in [0, 0.05) is 23.3 Å². The van der Waals surface area contributed by atoms with Crippen LogP contribution in [0.2, 0.25) is 0 Å². The molecule has 2 unspecified atom stereocenters. The Morgan fingerprint density at radius 1 is 0.839 bits per heavy atom. The van der Waals surface area contributed by atoms with Gasteiger partial charge in [-0.3, -0.25) is 25.0 Å². The van der Waals surface area contributed by atoms with Crippen LogP contribution in [0.1, 0.15) is 27.4 Å². The Hall–Kier alpha value is -4.33. The van der Waals surface area contributed by atoms with Gasteiger partial charge in [0.05, 0.1) is 15.4 Å². The van der Waals surface area contributed by atoms with Gasteiger partial charge in [0.1, 0.15) is 11.7 Å². The monoisotopic (exact) mass is 416 g/mol. The van der Waals surface area contributed by atoms with Crippen molar-refractivity contribution in [1.29, 1.82) is 0 Å². The molecule has 0 saturated heterocycles. The van der Waals surface area contributed by atoms with E-state index < -0.39 is 27.8 Å². The van der Waals surface area contributed by atoms with Gasteiger partial charge in [0.25, 0.3) is 5.69 Å². The number of benzene rings is 3. The number of carbonyl (C=O) groups is 1. The van der Waals surface area contributed by atoms with Gasteiger partial charge in [-0.2, -0.15) is 0 Å². The van der Waals surface area contributed by atoms with E-state index in [1.165, 1.54) is 24.3 Å². The molecule has 1 heterocycles. The number of ether oxygens (including phenoxy) is 1. The number of nitro groups is 2. The number of rotatable bonds is 6. The van der Waals surface area contributed by atoms with E-state index in [4.69, 9.17) is 4.74 Å². The summed E-state index contributed by atoms with van der Waals surface area (Å²) in [5, 5.41) is 23.2. The molecule has 1 aliphatic rings. The topological polar surface area (TPSA) is 113 Å². The highest BCUT2D eigenvalue weighted by Gasteiger charge is 2.49. The number of non-ortho nitro benzene ring substituents is 1. The van der Waals surface area contributed by atoms with Crippen molar-refractivity contribution in [1.82, 2.24) is 0 Å². The molecule has 3 aromatic rings. The quantitative estimate of drug-likeness (QED) is 0.330. The first kappa shape index (κ1) is 20.0. The summed E-state index contributed by atoms with van der Waals surface area (Å²) in [5.41, 5.74) is 0.996. The van der Waals surface area contributed by atoms with Crippen LogP contribution in [0.5, 0.6) is 0 Å². The zero-order chi connectivity index (χ0) is 22.0. The first-order valence-electron chi connectivity index (χ1n) is 9.41. The van der Waals surface area contributed by atoms with Gasteiger partial charge in [0.15, 0.2) is 5.78 Å². The Kier molecular flexibility index (Phi) is 5.28. The Morgan fingerprint density at radius 2 is 1.48 bits per heavy atom. The molecule has 0 spiro atoms. The van der Waals surface area contributed by atoms with Crippen LogP contribution in [0.4, 0.5) is 5.69 Å². The van der Waals surface area contributed by atoms with Crippen molar-refractivity contribution in [3.63, 3.8) is 0 Å². The summed E-state index contributed by atoms with van der Waals surface area (Å²) < 4.78 is 5.72. The Balaban J connectivity index is 1.95. The van der Waals surface area contributed by atoms with Gasteiger partial charge in [0.2, 0.25) is 0 Å². The fourth-order valence-corrected chi connectivity index (χ4v) is 3.67. The van der Waals surface area contributed by atoms with Crippen molar-refractivity contribution in [2.75, 3.05) is 0 Å². The third-order valence-electron chi connectivity index (χ3n) is 5.04. The molecule has 8 nitrogen and oxygen atoms in total. The molecular formula is C23H16N2O6. The first-order chi connectivity index (χ1) is 15.0. The largest absolute Gasteiger partial charge is 0.428 e. The van der Waals surface area contributed by atoms with Crippen LogP contribution in [0.15, 0.2) is 90.5 Å². The fraction of sp³-hybridized carbons (Fsp3) is 0.0870. The molecule has 1 aliphatic heterocycles. The summed E-state index contributed by atoms with van der Waals surface area (Å²) >= 11 is 0. The Morgan fingerprint density at radius 3 is 2.10 bits per heavy atom. The maximum absolute atomic E-state index is 13.5. The van der Waals surface area contributed by atoms with E-state index in [0.29, 0.717) is 11.1 Å². The summed E-state index contributed by atoms with van der Waals surface area (Å²) in [6.07, 6.45) is -1.60. The maximum Gasteiger partial charge on any atom is 0.365 e. The molecule has 31 heavy (non-hydrogen) atoms. The number of hydrogen-bond donors (Lipinski definition) is 0. The second-order valence-electron chi connectivity index (χ2n) is 6.93. The van der Waals surface area contributed by atoms with Crippen molar-refractivity contribution in [2.24, 2.45) is 0 Å². The molecule has 0 N–H and O–H groups in total. The predicted octanol–water partition coefficient (Wildman–Crippen LogP) is 4.61. The lowest BCUT2D eigenvalue weighted by Crippen LogP contribution is -2.27. The number of Topliss-reactive ketones (excluding diaryl/α,β-unsaturated/α-hetero) is 1. The van der Waals surface area contributed by atoms with Crippen LogP contribution < -0.4 is 0 Å². The minimum atomic E-state index is -1.60. The second kappa shape index (κ2) is 8.19. The highest BCUT2D eigenvalue weighted by molar-refractivity contribution is 6.14. The first-order valence-corrected chi connectivity index (χ1v) is 9.41. The zero-order valence-corrected chi connectivity index (χ0v) is 16.1. The molecular weight excluding hydrogens is 400 g/mol. The molecule has 0 saturated carbocycles. The van der Waals surface area contributed by atoms with Crippen LogP contribution in [-0.4, -0.2) is 21.9 Å². The van der Waals surface area contributed by atoms with E-state index in [9.17, 15) is 25.0 Å². The van der Waals surface area contributed by atoms with Crippen LogP contribution >= 0.6 is 0 Å². The predicted molar refractivity (Wildman–Crippen MR) is 112 cm³/mol. The lowest BCUT2D eigenvalue weighted by atomic mass is 9.85. The van der Waals surface area contributed by atoms with Gasteiger partial charge >= 0.3 is 6.23 Å². The number of nitro benzene ring substituents is 1. The Bertz CT molecular complexity index is 1190. The standard InChI is InChI=1S/C23H16N2O6/c26-21(15-8-3-1-4-9-15)20-19(17-12-7-13-18(14-17)24(27)28)23(25(29)30)31-22(20)16-10-5-2-6-11-16/h1-14,19,23H. The molecule has 0 amide bonds. The zero-order valence-electron chi connectivity index (χ0n) is 16.1. The van der Waals surface area contributed by atoms with Crippen molar-refractivity contribution >= 4 is 17.2 Å². The summed E-state index contributed by atoms with van der Waals surface area (Å²) in [6.45, 7) is 0. The molecule has 4 rings (SSSR count). The fourth-order valence-electron chi connectivity index (χ4n) is 3.67. The number of ketones is 1. The number of hydrogen-bond acceptors (Lipinski definition) is 6. The van der Waals surface area contributed by atoms with E-state index in [1.54, 1.807) is 60.7 Å². The molecule has 0 aromatic heterocycles. The Labute approximate surface area is 176 Å².